The van der Waals surface area contributed by atoms with Crippen molar-refractivity contribution in [2.75, 3.05) is 0 Å². The minimum atomic E-state index is -0.924. The number of aryl methyl sites for hydroxylation is 1. The maximum atomic E-state index is 14.3. The quantitative estimate of drug-likeness (QED) is 0.281. The topological polar surface area (TPSA) is 69.6 Å². The molecule has 0 unspecified atom stereocenters. The molecular weight excluding hydrogens is 529 g/mol. The van der Waals surface area contributed by atoms with E-state index in [1.807, 2.05) is 16.8 Å². The van der Waals surface area contributed by atoms with Crippen molar-refractivity contribution in [3.05, 3.63) is 115 Å². The van der Waals surface area contributed by atoms with Gasteiger partial charge in [0.25, 0.3) is 5.56 Å². The maximum absolute atomic E-state index is 14.3. The van der Waals surface area contributed by atoms with Crippen molar-refractivity contribution in [2.24, 2.45) is 0 Å². The summed E-state index contributed by atoms with van der Waals surface area (Å²) in [6.07, 6.45) is -0.676. The van der Waals surface area contributed by atoms with Crippen molar-refractivity contribution >= 4 is 29.0 Å². The number of hydrogen-bond donors (Lipinski definition) is 1. The zero-order valence-corrected chi connectivity index (χ0v) is 21.0. The first-order valence-corrected chi connectivity index (χ1v) is 12.2. The van der Waals surface area contributed by atoms with Crippen LogP contribution in [0.3, 0.4) is 0 Å². The number of benzene rings is 2. The summed E-state index contributed by atoms with van der Waals surface area (Å²) in [6.45, 7) is 1.41. The first-order valence-electron chi connectivity index (χ1n) is 10.9. The largest absolute Gasteiger partial charge is 0.487 e. The number of nitrogens with one attached hydrogen (secondary N) is 1. The van der Waals surface area contributed by atoms with Crippen LogP contribution < -0.4 is 15.6 Å². The highest BCUT2D eigenvalue weighted by atomic mass is 35.5. The van der Waals surface area contributed by atoms with Crippen LogP contribution in [0.15, 0.2) is 64.1 Å². The lowest BCUT2D eigenvalue weighted by Crippen LogP contribution is -2.25. The molecule has 2 aromatic carbocycles. The Morgan fingerprint density at radius 3 is 2.51 bits per heavy atom. The smallest absolute Gasteiger partial charge is 0.407 e. The second kappa shape index (κ2) is 11.5. The molecule has 0 saturated heterocycles. The van der Waals surface area contributed by atoms with Gasteiger partial charge in [0.2, 0.25) is 0 Å². The number of halogens is 4. The molecule has 1 amide bonds. The van der Waals surface area contributed by atoms with E-state index in [9.17, 15) is 22.8 Å². The standard InChI is InChI=1S/C26H20ClF3N2O4S/c1-15-9-22(23(27)25(33)32(15)24-20(29)3-2-4-21(24)30)35-13-17-5-6-19(28)10-18(17)11-31-26(34)36-12-16-7-8-37-14-16/h2-10,14H,11-13H2,1H3,(H,31,34). The number of thiophene rings is 1. The van der Waals surface area contributed by atoms with Gasteiger partial charge in [-0.1, -0.05) is 23.7 Å². The number of carbonyl (C=O) groups is 1. The van der Waals surface area contributed by atoms with Crippen LogP contribution in [0, 0.1) is 24.4 Å². The highest BCUT2D eigenvalue weighted by molar-refractivity contribution is 7.07. The van der Waals surface area contributed by atoms with Gasteiger partial charge in [-0.3, -0.25) is 9.36 Å². The highest BCUT2D eigenvalue weighted by Gasteiger charge is 2.19. The monoisotopic (exact) mass is 548 g/mol. The molecule has 0 bridgehead atoms. The van der Waals surface area contributed by atoms with E-state index in [0.29, 0.717) is 11.1 Å². The first kappa shape index (κ1) is 26.3. The van der Waals surface area contributed by atoms with E-state index in [4.69, 9.17) is 21.1 Å². The molecule has 11 heteroatoms. The highest BCUT2D eigenvalue weighted by Crippen LogP contribution is 2.27. The summed E-state index contributed by atoms with van der Waals surface area (Å²) in [5.74, 6) is -2.38. The SMILES string of the molecule is Cc1cc(OCc2ccc(F)cc2CNC(=O)OCc2ccsc2)c(Cl)c(=O)n1-c1c(F)cccc1F. The zero-order chi connectivity index (χ0) is 26.5. The Kier molecular flexibility index (Phi) is 8.20. The second-order valence-electron chi connectivity index (χ2n) is 7.94. The number of para-hydroxylation sites is 1. The predicted molar refractivity (Wildman–Crippen MR) is 134 cm³/mol. The third-order valence-corrected chi connectivity index (χ3v) is 6.47. The Morgan fingerprint density at radius 1 is 1.05 bits per heavy atom. The van der Waals surface area contributed by atoms with E-state index >= 15 is 0 Å². The predicted octanol–water partition coefficient (Wildman–Crippen LogP) is 6.28. The first-order chi connectivity index (χ1) is 17.7. The molecule has 192 valence electrons. The number of hydrogen-bond acceptors (Lipinski definition) is 5. The molecule has 2 heterocycles. The Balaban J connectivity index is 1.49. The molecule has 4 aromatic rings. The Hall–Kier alpha value is -3.76. The molecule has 6 nitrogen and oxygen atoms in total. The summed E-state index contributed by atoms with van der Waals surface area (Å²) < 4.78 is 54.1. The molecule has 1 N–H and O–H groups in total. The second-order valence-corrected chi connectivity index (χ2v) is 9.10. The Bertz CT molecular complexity index is 1470. The van der Waals surface area contributed by atoms with Crippen LogP contribution in [-0.4, -0.2) is 10.7 Å². The number of aromatic nitrogens is 1. The van der Waals surface area contributed by atoms with Crippen molar-refractivity contribution < 1.29 is 27.4 Å². The van der Waals surface area contributed by atoms with E-state index in [2.05, 4.69) is 5.32 Å². The van der Waals surface area contributed by atoms with Gasteiger partial charge in [-0.25, -0.2) is 18.0 Å². The van der Waals surface area contributed by atoms with Gasteiger partial charge in [0.05, 0.1) is 0 Å². The molecule has 0 atom stereocenters. The minimum Gasteiger partial charge on any atom is -0.487 e. The fraction of sp³-hybridized carbons (Fsp3) is 0.154. The third kappa shape index (κ3) is 6.15. The summed E-state index contributed by atoms with van der Waals surface area (Å²) in [7, 11) is 0. The molecule has 4 rings (SSSR count). The number of carbonyl (C=O) groups excluding carboxylic acids is 1. The molecule has 0 radical (unpaired) electrons. The number of ether oxygens (including phenoxy) is 2. The van der Waals surface area contributed by atoms with Crippen molar-refractivity contribution in [3.8, 4) is 11.4 Å². The average molecular weight is 549 g/mol. The van der Waals surface area contributed by atoms with Gasteiger partial charge in [0.1, 0.15) is 47.1 Å². The van der Waals surface area contributed by atoms with Gasteiger partial charge >= 0.3 is 6.09 Å². The van der Waals surface area contributed by atoms with E-state index in [-0.39, 0.29) is 36.2 Å². The van der Waals surface area contributed by atoms with Crippen LogP contribution in [0.1, 0.15) is 22.4 Å². The normalized spacial score (nSPS) is 10.8. The third-order valence-electron chi connectivity index (χ3n) is 5.39. The number of amides is 1. The number of nitrogens with zero attached hydrogens (tertiary/aromatic N) is 1. The lowest BCUT2D eigenvalue weighted by molar-refractivity contribution is 0.139. The number of alkyl carbamates (subject to hydrolysis) is 1. The Morgan fingerprint density at radius 2 is 1.81 bits per heavy atom. The fourth-order valence-corrected chi connectivity index (χ4v) is 4.41. The molecule has 0 fully saturated rings. The maximum Gasteiger partial charge on any atom is 0.407 e. The van der Waals surface area contributed by atoms with E-state index in [0.717, 1.165) is 22.3 Å². The number of rotatable bonds is 8. The number of pyridine rings is 1. The molecule has 0 saturated carbocycles. The summed E-state index contributed by atoms with van der Waals surface area (Å²) in [5.41, 5.74) is 0.556. The lowest BCUT2D eigenvalue weighted by atomic mass is 10.1. The van der Waals surface area contributed by atoms with Crippen LogP contribution in [0.25, 0.3) is 5.69 Å². The molecular formula is C26H20ClF3N2O4S. The molecule has 0 aliphatic rings. The van der Waals surface area contributed by atoms with Gasteiger partial charge in [-0.2, -0.15) is 11.3 Å². The van der Waals surface area contributed by atoms with Crippen molar-refractivity contribution in [1.82, 2.24) is 9.88 Å². The molecule has 0 aliphatic carbocycles. The van der Waals surface area contributed by atoms with Gasteiger partial charge in [-0.05, 0) is 59.1 Å². The summed E-state index contributed by atoms with van der Waals surface area (Å²) in [5, 5.41) is 5.90. The van der Waals surface area contributed by atoms with Crippen LogP contribution in [0.5, 0.6) is 5.75 Å². The van der Waals surface area contributed by atoms with Gasteiger partial charge in [-0.15, -0.1) is 0 Å². The average Bonchev–Trinajstić information content (AvgIpc) is 3.39. The molecule has 0 spiro atoms. The molecule has 37 heavy (non-hydrogen) atoms. The zero-order valence-electron chi connectivity index (χ0n) is 19.4. The van der Waals surface area contributed by atoms with Crippen LogP contribution >= 0.6 is 22.9 Å². The summed E-state index contributed by atoms with van der Waals surface area (Å²) >= 11 is 7.68. The van der Waals surface area contributed by atoms with Crippen LogP contribution in [0.4, 0.5) is 18.0 Å². The van der Waals surface area contributed by atoms with Crippen molar-refractivity contribution in [2.45, 2.75) is 26.7 Å². The van der Waals surface area contributed by atoms with Gasteiger partial charge < -0.3 is 14.8 Å². The Labute approximate surface area is 218 Å². The fourth-order valence-electron chi connectivity index (χ4n) is 3.56. The lowest BCUT2D eigenvalue weighted by Gasteiger charge is -2.16. The van der Waals surface area contributed by atoms with Crippen LogP contribution in [0.2, 0.25) is 5.02 Å². The summed E-state index contributed by atoms with van der Waals surface area (Å²) in [4.78, 5) is 24.9. The van der Waals surface area contributed by atoms with Crippen LogP contribution in [-0.2, 0) is 24.5 Å². The van der Waals surface area contributed by atoms with Gasteiger partial charge in [0, 0.05) is 23.9 Å². The molecule has 2 aromatic heterocycles. The van der Waals surface area contributed by atoms with E-state index < -0.39 is 34.8 Å². The van der Waals surface area contributed by atoms with Crippen molar-refractivity contribution in [3.63, 3.8) is 0 Å². The van der Waals surface area contributed by atoms with E-state index in [1.54, 1.807) is 0 Å². The molecule has 0 aliphatic heterocycles. The minimum absolute atomic E-state index is 0.0180. The van der Waals surface area contributed by atoms with Crippen molar-refractivity contribution in [1.29, 1.82) is 0 Å². The summed E-state index contributed by atoms with van der Waals surface area (Å²) in [6, 6.07) is 10.4. The van der Waals surface area contributed by atoms with E-state index in [1.165, 1.54) is 48.6 Å². The van der Waals surface area contributed by atoms with Gasteiger partial charge in [0.15, 0.2) is 0 Å².